The third kappa shape index (κ3) is 1.82. The summed E-state index contributed by atoms with van der Waals surface area (Å²) < 4.78 is 5.70. The van der Waals surface area contributed by atoms with Crippen LogP contribution in [0.5, 0.6) is 5.75 Å². The summed E-state index contributed by atoms with van der Waals surface area (Å²) >= 11 is 0. The van der Waals surface area contributed by atoms with Gasteiger partial charge in [0.25, 0.3) is 0 Å². The Balaban J connectivity index is 2.27. The lowest BCUT2D eigenvalue weighted by Crippen LogP contribution is -2.38. The van der Waals surface area contributed by atoms with Gasteiger partial charge in [0, 0.05) is 11.8 Å². The number of rotatable bonds is 1. The second kappa shape index (κ2) is 3.70. The van der Waals surface area contributed by atoms with Crippen molar-refractivity contribution in [2.24, 2.45) is 0 Å². The molecule has 2 unspecified atom stereocenters. The van der Waals surface area contributed by atoms with Crippen LogP contribution in [0.4, 0.5) is 11.4 Å². The summed E-state index contributed by atoms with van der Waals surface area (Å²) in [6.45, 7) is 2.00. The minimum atomic E-state index is -0.107. The smallest absolute Gasteiger partial charge is 0.145 e. The van der Waals surface area contributed by atoms with Crippen molar-refractivity contribution < 1.29 is 4.74 Å². The van der Waals surface area contributed by atoms with Gasteiger partial charge in [0.2, 0.25) is 0 Å². The van der Waals surface area contributed by atoms with Gasteiger partial charge in [0.15, 0.2) is 0 Å². The largest absolute Gasteiger partial charge is 0.485 e. The molecule has 78 valence electrons. The van der Waals surface area contributed by atoms with Gasteiger partial charge in [0.05, 0.1) is 24.2 Å². The van der Waals surface area contributed by atoms with Crippen molar-refractivity contribution in [2.75, 3.05) is 11.1 Å². The van der Waals surface area contributed by atoms with Crippen LogP contribution in [0.1, 0.15) is 13.3 Å². The van der Waals surface area contributed by atoms with Crippen LogP contribution in [0.25, 0.3) is 0 Å². The van der Waals surface area contributed by atoms with Gasteiger partial charge in [-0.2, -0.15) is 5.26 Å². The maximum absolute atomic E-state index is 8.66. The number of fused-ring (bicyclic) bond motifs is 1. The van der Waals surface area contributed by atoms with Gasteiger partial charge in [-0.15, -0.1) is 0 Å². The van der Waals surface area contributed by atoms with Crippen molar-refractivity contribution in [2.45, 2.75) is 25.5 Å². The maximum atomic E-state index is 8.66. The van der Waals surface area contributed by atoms with E-state index in [-0.39, 0.29) is 12.1 Å². The predicted octanol–water partition coefficient (Wildman–Crippen LogP) is 1.74. The summed E-state index contributed by atoms with van der Waals surface area (Å²) in [5, 5.41) is 11.9. The summed E-state index contributed by atoms with van der Waals surface area (Å²) in [5.74, 6) is 0.730. The molecule has 1 aromatic carbocycles. The van der Waals surface area contributed by atoms with E-state index < -0.39 is 0 Å². The van der Waals surface area contributed by atoms with Crippen LogP contribution < -0.4 is 15.8 Å². The van der Waals surface area contributed by atoms with Gasteiger partial charge in [-0.1, -0.05) is 0 Å². The molecule has 0 amide bonds. The molecule has 1 heterocycles. The Morgan fingerprint density at radius 3 is 3.13 bits per heavy atom. The maximum Gasteiger partial charge on any atom is 0.145 e. The standard InChI is InChI=1S/C11H13N3O/c1-7-10(4-5-12)15-11-6-8(13)2-3-9(11)14-7/h2-3,6-7,10,14H,4,13H2,1H3. The fraction of sp³-hybridized carbons (Fsp3) is 0.364. The second-order valence-electron chi connectivity index (χ2n) is 3.71. The van der Waals surface area contributed by atoms with E-state index in [2.05, 4.69) is 11.4 Å². The molecule has 0 bridgehead atoms. The third-order valence-electron chi connectivity index (χ3n) is 2.52. The van der Waals surface area contributed by atoms with E-state index in [1.807, 2.05) is 19.1 Å². The Morgan fingerprint density at radius 1 is 1.60 bits per heavy atom. The number of nitrogens with one attached hydrogen (secondary N) is 1. The molecular weight excluding hydrogens is 190 g/mol. The Kier molecular flexibility index (Phi) is 2.38. The number of hydrogen-bond donors (Lipinski definition) is 2. The molecule has 1 aliphatic heterocycles. The molecule has 0 aliphatic carbocycles. The topological polar surface area (TPSA) is 71.1 Å². The zero-order valence-corrected chi connectivity index (χ0v) is 8.53. The molecular formula is C11H13N3O. The van der Waals surface area contributed by atoms with Crippen LogP contribution in [-0.4, -0.2) is 12.1 Å². The fourth-order valence-electron chi connectivity index (χ4n) is 1.67. The molecule has 1 aliphatic rings. The normalized spacial score (nSPS) is 23.2. The van der Waals surface area contributed by atoms with Crippen LogP contribution in [0.15, 0.2) is 18.2 Å². The first-order valence-corrected chi connectivity index (χ1v) is 4.90. The number of nitriles is 1. The van der Waals surface area contributed by atoms with Gasteiger partial charge in [0.1, 0.15) is 11.9 Å². The van der Waals surface area contributed by atoms with Gasteiger partial charge in [-0.3, -0.25) is 0 Å². The van der Waals surface area contributed by atoms with Crippen LogP contribution in [0, 0.1) is 11.3 Å². The van der Waals surface area contributed by atoms with Gasteiger partial charge < -0.3 is 15.8 Å². The summed E-state index contributed by atoms with van der Waals surface area (Å²) in [6, 6.07) is 7.75. The number of hydrogen-bond acceptors (Lipinski definition) is 4. The lowest BCUT2D eigenvalue weighted by Gasteiger charge is -2.31. The Hall–Kier alpha value is -1.89. The first-order chi connectivity index (χ1) is 7.20. The minimum Gasteiger partial charge on any atom is -0.485 e. The van der Waals surface area contributed by atoms with Crippen LogP contribution >= 0.6 is 0 Å². The van der Waals surface area contributed by atoms with E-state index in [0.717, 1.165) is 11.4 Å². The van der Waals surface area contributed by atoms with Crippen LogP contribution in [0.3, 0.4) is 0 Å². The molecule has 0 spiro atoms. The molecule has 15 heavy (non-hydrogen) atoms. The lowest BCUT2D eigenvalue weighted by molar-refractivity contribution is 0.179. The summed E-state index contributed by atoms with van der Waals surface area (Å²) in [5.41, 5.74) is 7.27. The number of ether oxygens (including phenoxy) is 1. The fourth-order valence-corrected chi connectivity index (χ4v) is 1.67. The molecule has 0 saturated heterocycles. The molecule has 4 nitrogen and oxygen atoms in total. The van der Waals surface area contributed by atoms with Crippen molar-refractivity contribution in [1.29, 1.82) is 5.26 Å². The van der Waals surface area contributed by atoms with Crippen molar-refractivity contribution in [1.82, 2.24) is 0 Å². The number of anilines is 2. The van der Waals surface area contributed by atoms with Crippen molar-refractivity contribution in [3.63, 3.8) is 0 Å². The molecule has 0 radical (unpaired) electrons. The highest BCUT2D eigenvalue weighted by Crippen LogP contribution is 2.33. The highest BCUT2D eigenvalue weighted by Gasteiger charge is 2.25. The van der Waals surface area contributed by atoms with Gasteiger partial charge >= 0.3 is 0 Å². The first kappa shape index (κ1) is 9.66. The average molecular weight is 203 g/mol. The first-order valence-electron chi connectivity index (χ1n) is 4.90. The Morgan fingerprint density at radius 2 is 2.40 bits per heavy atom. The highest BCUT2D eigenvalue weighted by atomic mass is 16.5. The Labute approximate surface area is 88.6 Å². The number of benzene rings is 1. The molecule has 0 saturated carbocycles. The zero-order chi connectivity index (χ0) is 10.8. The van der Waals surface area contributed by atoms with Crippen molar-refractivity contribution in [3.05, 3.63) is 18.2 Å². The second-order valence-corrected chi connectivity index (χ2v) is 3.71. The van der Waals surface area contributed by atoms with Gasteiger partial charge in [-0.05, 0) is 19.1 Å². The van der Waals surface area contributed by atoms with E-state index >= 15 is 0 Å². The molecule has 4 heteroatoms. The van der Waals surface area contributed by atoms with E-state index in [0.29, 0.717) is 12.1 Å². The molecule has 2 rings (SSSR count). The van der Waals surface area contributed by atoms with Crippen molar-refractivity contribution >= 4 is 11.4 Å². The highest BCUT2D eigenvalue weighted by molar-refractivity contribution is 5.64. The summed E-state index contributed by atoms with van der Waals surface area (Å²) in [6.07, 6.45) is 0.270. The minimum absolute atomic E-state index is 0.107. The molecule has 0 fully saturated rings. The van der Waals surface area contributed by atoms with Crippen LogP contribution in [-0.2, 0) is 0 Å². The molecule has 0 aromatic heterocycles. The number of nitrogens with zero attached hydrogens (tertiary/aromatic N) is 1. The van der Waals surface area contributed by atoms with Crippen molar-refractivity contribution in [3.8, 4) is 11.8 Å². The lowest BCUT2D eigenvalue weighted by atomic mass is 10.1. The zero-order valence-electron chi connectivity index (χ0n) is 8.53. The van der Waals surface area contributed by atoms with Crippen LogP contribution in [0.2, 0.25) is 0 Å². The molecule has 3 N–H and O–H groups in total. The summed E-state index contributed by atoms with van der Waals surface area (Å²) in [4.78, 5) is 0. The summed E-state index contributed by atoms with van der Waals surface area (Å²) in [7, 11) is 0. The SMILES string of the molecule is CC1Nc2ccc(N)cc2OC1CC#N. The molecule has 1 aromatic rings. The monoisotopic (exact) mass is 203 g/mol. The number of nitrogens with two attached hydrogens (primary N) is 1. The predicted molar refractivity (Wildman–Crippen MR) is 58.6 cm³/mol. The average Bonchev–Trinajstić information content (AvgIpc) is 2.20. The Bertz CT molecular complexity index is 411. The molecule has 2 atom stereocenters. The van der Waals surface area contributed by atoms with E-state index in [4.69, 9.17) is 15.7 Å². The van der Waals surface area contributed by atoms with E-state index in [1.165, 1.54) is 0 Å². The van der Waals surface area contributed by atoms with Gasteiger partial charge in [-0.25, -0.2) is 0 Å². The number of nitrogen functional groups attached to an aromatic ring is 1. The third-order valence-corrected chi connectivity index (χ3v) is 2.52. The van der Waals surface area contributed by atoms with E-state index in [9.17, 15) is 0 Å². The quantitative estimate of drug-likeness (QED) is 0.682. The van der Waals surface area contributed by atoms with E-state index in [1.54, 1.807) is 6.07 Å².